The lowest BCUT2D eigenvalue weighted by atomic mass is 9.46. The molecule has 14 nitrogen and oxygen atoms in total. The third-order valence-electron chi connectivity index (χ3n) is 15.2. The van der Waals surface area contributed by atoms with Gasteiger partial charge in [0, 0.05) is 17.8 Å². The van der Waals surface area contributed by atoms with Crippen molar-refractivity contribution >= 4 is 0 Å². The van der Waals surface area contributed by atoms with Gasteiger partial charge in [-0.05, 0) is 73.7 Å². The van der Waals surface area contributed by atoms with Crippen LogP contribution < -0.4 is 0 Å². The fourth-order valence-corrected chi connectivity index (χ4v) is 12.3. The Bertz CT molecular complexity index is 1410. The van der Waals surface area contributed by atoms with Crippen LogP contribution in [0.4, 0.5) is 0 Å². The number of hydrogen-bond donors (Lipinski definition) is 8. The first-order valence-electron chi connectivity index (χ1n) is 19.2. The predicted molar refractivity (Wildman–Crippen MR) is 180 cm³/mol. The number of fused-ring (bicyclic) bond motifs is 7. The minimum Gasteiger partial charge on any atom is -0.393 e. The number of hydrogen-bond acceptors (Lipinski definition) is 14. The second-order valence-electron chi connectivity index (χ2n) is 17.7. The van der Waals surface area contributed by atoms with Crippen LogP contribution in [0.25, 0.3) is 0 Å². The summed E-state index contributed by atoms with van der Waals surface area (Å²) in [6, 6.07) is 0. The Morgan fingerprint density at radius 3 is 2.38 bits per heavy atom. The lowest BCUT2D eigenvalue weighted by Crippen LogP contribution is -2.63. The molecule has 3 saturated carbocycles. The summed E-state index contributed by atoms with van der Waals surface area (Å²) in [5, 5.41) is 86.1. The van der Waals surface area contributed by atoms with Gasteiger partial charge in [0.2, 0.25) is 5.79 Å². The number of ether oxygens (including phenoxy) is 6. The molecule has 4 saturated heterocycles. The molecule has 0 amide bonds. The van der Waals surface area contributed by atoms with Crippen LogP contribution in [0.3, 0.4) is 0 Å². The fourth-order valence-electron chi connectivity index (χ4n) is 12.3. The van der Waals surface area contributed by atoms with Crippen LogP contribution in [-0.2, 0) is 28.4 Å². The third-order valence-corrected chi connectivity index (χ3v) is 15.2. The highest BCUT2D eigenvalue weighted by Crippen LogP contribution is 2.71. The first-order valence-corrected chi connectivity index (χ1v) is 19.2. The molecular weight excluding hydrogens is 680 g/mol. The van der Waals surface area contributed by atoms with Gasteiger partial charge in [-0.1, -0.05) is 39.0 Å². The Morgan fingerprint density at radius 1 is 0.885 bits per heavy atom. The molecule has 1 spiro atoms. The molecule has 52 heavy (non-hydrogen) atoms. The van der Waals surface area contributed by atoms with Crippen LogP contribution in [0.5, 0.6) is 0 Å². The summed E-state index contributed by atoms with van der Waals surface area (Å²) < 4.78 is 37.3. The lowest BCUT2D eigenvalue weighted by molar-refractivity contribution is -0.362. The molecule has 14 heteroatoms. The van der Waals surface area contributed by atoms with E-state index in [0.29, 0.717) is 24.3 Å². The SMILES string of the molecule is C=C1CO[C@@]2(O[C@H]3C[C@H]4[C@@H]5CC=C6C[C@@H](O)C[C@@H](O[C@@H]7OC[C@H](O)[C@H](O)[C@H]7O[C@@H]7O[C@@H](C)[C@H](O)[C@@H](O)[C@H]7O)[C@]6(C)[C@H]5CC[C@]4(C)[C@H]3[C@@H]2C)[C@@H](O)[C@H]1O. The van der Waals surface area contributed by atoms with Crippen LogP contribution in [-0.4, -0.2) is 146 Å². The van der Waals surface area contributed by atoms with E-state index in [-0.39, 0.29) is 48.4 Å². The molecule has 0 radical (unpaired) electrons. The Balaban J connectivity index is 1.04. The monoisotopic (exact) mass is 738 g/mol. The van der Waals surface area contributed by atoms with Crippen molar-refractivity contribution in [3.63, 3.8) is 0 Å². The first kappa shape index (κ1) is 37.8. The molecular formula is C38H58O14. The molecule has 4 heterocycles. The topological polar surface area (TPSA) is 217 Å². The second-order valence-corrected chi connectivity index (χ2v) is 17.7. The van der Waals surface area contributed by atoms with Gasteiger partial charge < -0.3 is 69.3 Å². The molecule has 0 unspecified atom stereocenters. The molecule has 8 N–H and O–H groups in total. The quantitative estimate of drug-likeness (QED) is 0.176. The molecule has 294 valence electrons. The summed E-state index contributed by atoms with van der Waals surface area (Å²) in [6.07, 6.45) is -9.34. The molecule has 0 bridgehead atoms. The van der Waals surface area contributed by atoms with Gasteiger partial charge in [-0.2, -0.15) is 0 Å². The largest absolute Gasteiger partial charge is 0.393 e. The Morgan fingerprint density at radius 2 is 1.63 bits per heavy atom. The van der Waals surface area contributed by atoms with E-state index in [0.717, 1.165) is 31.3 Å². The van der Waals surface area contributed by atoms with Crippen molar-refractivity contribution in [3.05, 3.63) is 23.8 Å². The number of rotatable bonds is 4. The van der Waals surface area contributed by atoms with Crippen molar-refractivity contribution in [2.24, 2.45) is 40.4 Å². The van der Waals surface area contributed by atoms with Crippen molar-refractivity contribution in [2.75, 3.05) is 13.2 Å². The van der Waals surface area contributed by atoms with Gasteiger partial charge in [-0.15, -0.1) is 0 Å². The van der Waals surface area contributed by atoms with Crippen molar-refractivity contribution < 1.29 is 69.3 Å². The van der Waals surface area contributed by atoms with E-state index in [1.54, 1.807) is 0 Å². The second kappa shape index (κ2) is 13.3. The van der Waals surface area contributed by atoms with Gasteiger partial charge in [0.15, 0.2) is 12.6 Å². The molecule has 0 aromatic heterocycles. The minimum absolute atomic E-state index is 0.106. The Kier molecular flexibility index (Phi) is 9.65. The maximum Gasteiger partial charge on any atom is 0.200 e. The molecule has 4 aliphatic heterocycles. The van der Waals surface area contributed by atoms with Crippen LogP contribution in [0.1, 0.15) is 66.2 Å². The van der Waals surface area contributed by atoms with E-state index < -0.39 is 90.9 Å². The smallest absolute Gasteiger partial charge is 0.200 e. The zero-order chi connectivity index (χ0) is 37.2. The average molecular weight is 739 g/mol. The van der Waals surface area contributed by atoms with E-state index in [4.69, 9.17) is 28.4 Å². The molecule has 0 aromatic rings. The van der Waals surface area contributed by atoms with Crippen molar-refractivity contribution in [2.45, 2.75) is 158 Å². The van der Waals surface area contributed by atoms with Crippen LogP contribution in [0, 0.1) is 40.4 Å². The van der Waals surface area contributed by atoms with Crippen LogP contribution in [0.2, 0.25) is 0 Å². The van der Waals surface area contributed by atoms with Crippen molar-refractivity contribution in [1.82, 2.24) is 0 Å². The summed E-state index contributed by atoms with van der Waals surface area (Å²) in [6.45, 7) is 11.9. The van der Waals surface area contributed by atoms with Gasteiger partial charge in [0.05, 0.1) is 37.6 Å². The van der Waals surface area contributed by atoms with Crippen molar-refractivity contribution in [1.29, 1.82) is 0 Å². The number of aliphatic hydroxyl groups excluding tert-OH is 8. The molecule has 4 aliphatic carbocycles. The summed E-state index contributed by atoms with van der Waals surface area (Å²) in [5.41, 5.74) is 0.956. The summed E-state index contributed by atoms with van der Waals surface area (Å²) in [4.78, 5) is 0. The van der Waals surface area contributed by atoms with Crippen LogP contribution in [0.15, 0.2) is 23.8 Å². The fraction of sp³-hybridized carbons (Fsp3) is 0.895. The minimum atomic E-state index is -1.64. The van der Waals surface area contributed by atoms with E-state index in [2.05, 4.69) is 33.4 Å². The highest BCUT2D eigenvalue weighted by Gasteiger charge is 2.71. The lowest BCUT2D eigenvalue weighted by Gasteiger charge is -2.60. The number of allylic oxidation sites excluding steroid dienone is 1. The predicted octanol–water partition coefficient (Wildman–Crippen LogP) is -0.138. The highest BCUT2D eigenvalue weighted by molar-refractivity contribution is 5.29. The summed E-state index contributed by atoms with van der Waals surface area (Å²) in [7, 11) is 0. The summed E-state index contributed by atoms with van der Waals surface area (Å²) >= 11 is 0. The van der Waals surface area contributed by atoms with Gasteiger partial charge >= 0.3 is 0 Å². The molecule has 22 atom stereocenters. The van der Waals surface area contributed by atoms with E-state index >= 15 is 0 Å². The van der Waals surface area contributed by atoms with Gasteiger partial charge in [0.1, 0.15) is 48.8 Å². The summed E-state index contributed by atoms with van der Waals surface area (Å²) in [5.74, 6) is -0.555. The standard InChI is InChI=1S/C38H58O14/c1-15-13-48-38(33(46)27(15)41)16(2)26-24(52-38)12-22-20-7-6-18-10-19(39)11-25(37(18,5)21(20)8-9-36(22,26)4)50-35-32(29(43)23(40)14-47-35)51-34-31(45)30(44)28(42)17(3)49-34/h6,16-17,19-35,39-46H,1,7-14H2,2-5H3/t16-,17-,19+,20+,21-,22-,23-,24-,25+,26-,27-,28-,29-,30+,31+,32+,33-,34-,35-,36-,37-,38-/m0/s1. The number of aliphatic hydroxyl groups is 8. The van der Waals surface area contributed by atoms with Gasteiger partial charge in [0.25, 0.3) is 0 Å². The zero-order valence-corrected chi connectivity index (χ0v) is 30.4. The molecule has 0 aromatic carbocycles. The normalized spacial score (nSPS) is 59.0. The third kappa shape index (κ3) is 5.42. The zero-order valence-electron chi connectivity index (χ0n) is 30.4. The molecule has 8 rings (SSSR count). The van der Waals surface area contributed by atoms with Crippen molar-refractivity contribution in [3.8, 4) is 0 Å². The van der Waals surface area contributed by atoms with Crippen LogP contribution >= 0.6 is 0 Å². The van der Waals surface area contributed by atoms with E-state index in [1.807, 2.05) is 0 Å². The molecule has 7 fully saturated rings. The van der Waals surface area contributed by atoms with Gasteiger partial charge in [-0.25, -0.2) is 0 Å². The van der Waals surface area contributed by atoms with E-state index in [9.17, 15) is 40.9 Å². The molecule has 8 aliphatic rings. The first-order chi connectivity index (χ1) is 24.5. The maximum atomic E-state index is 11.2. The van der Waals surface area contributed by atoms with E-state index in [1.165, 1.54) is 6.92 Å². The maximum absolute atomic E-state index is 11.2. The van der Waals surface area contributed by atoms with Gasteiger partial charge in [-0.3, -0.25) is 0 Å². The average Bonchev–Trinajstić information content (AvgIpc) is 3.57. The Labute approximate surface area is 304 Å². The highest BCUT2D eigenvalue weighted by atomic mass is 16.8. The Hall–Kier alpha value is -1.08.